The molecule has 1 amide bonds. The second-order valence-corrected chi connectivity index (χ2v) is 6.95. The number of halogens is 1. The van der Waals surface area contributed by atoms with Gasteiger partial charge in [-0.2, -0.15) is 5.10 Å². The fourth-order valence-electron chi connectivity index (χ4n) is 3.50. The first-order valence-electron chi connectivity index (χ1n) is 8.85. The van der Waals surface area contributed by atoms with Crippen LogP contribution in [0.15, 0.2) is 28.8 Å². The van der Waals surface area contributed by atoms with Crippen LogP contribution in [0.5, 0.6) is 5.75 Å². The van der Waals surface area contributed by atoms with Crippen LogP contribution in [0.3, 0.4) is 0 Å². The fourth-order valence-corrected chi connectivity index (χ4v) is 3.67. The largest absolute Gasteiger partial charge is 0.495 e. The third-order valence-electron chi connectivity index (χ3n) is 4.86. The van der Waals surface area contributed by atoms with Crippen LogP contribution in [0, 0.1) is 6.92 Å². The van der Waals surface area contributed by atoms with Gasteiger partial charge in [-0.15, -0.1) is 0 Å². The van der Waals surface area contributed by atoms with Crippen molar-refractivity contribution in [3.05, 3.63) is 52.1 Å². The predicted octanol–water partition coefficient (Wildman–Crippen LogP) is 4.48. The molecular weight excluding hydrogens is 366 g/mol. The number of hydrogen-bond acceptors (Lipinski definition) is 4. The lowest BCUT2D eigenvalue weighted by molar-refractivity contribution is 0.0993. The minimum atomic E-state index is -0.334. The van der Waals surface area contributed by atoms with Crippen molar-refractivity contribution in [1.82, 2.24) is 9.78 Å². The van der Waals surface area contributed by atoms with Crippen LogP contribution in [0.1, 0.15) is 34.4 Å². The average Bonchev–Trinajstić information content (AvgIpc) is 3.22. The molecular formula is C20H20ClN3O3. The Morgan fingerprint density at radius 2 is 2.22 bits per heavy atom. The molecule has 0 fully saturated rings. The van der Waals surface area contributed by atoms with Crippen molar-refractivity contribution in [3.63, 3.8) is 0 Å². The van der Waals surface area contributed by atoms with Gasteiger partial charge in [-0.3, -0.25) is 9.48 Å². The number of anilines is 1. The van der Waals surface area contributed by atoms with Crippen molar-refractivity contribution in [1.29, 1.82) is 0 Å². The Bertz CT molecular complexity index is 1040. The van der Waals surface area contributed by atoms with Crippen LogP contribution in [0.4, 0.5) is 5.69 Å². The van der Waals surface area contributed by atoms with Gasteiger partial charge >= 0.3 is 0 Å². The van der Waals surface area contributed by atoms with Gasteiger partial charge in [0.25, 0.3) is 5.91 Å². The predicted molar refractivity (Wildman–Crippen MR) is 104 cm³/mol. The third-order valence-corrected chi connectivity index (χ3v) is 5.09. The number of hydrogen-bond donors (Lipinski definition) is 1. The van der Waals surface area contributed by atoms with Crippen molar-refractivity contribution in [3.8, 4) is 17.0 Å². The van der Waals surface area contributed by atoms with Crippen LogP contribution < -0.4 is 10.1 Å². The van der Waals surface area contributed by atoms with E-state index in [-0.39, 0.29) is 5.91 Å². The first-order chi connectivity index (χ1) is 13.0. The molecule has 27 heavy (non-hydrogen) atoms. The molecule has 0 unspecified atom stereocenters. The van der Waals surface area contributed by atoms with Crippen molar-refractivity contribution >= 4 is 23.2 Å². The molecule has 140 valence electrons. The minimum absolute atomic E-state index is 0.293. The van der Waals surface area contributed by atoms with Gasteiger partial charge in [0, 0.05) is 35.3 Å². The van der Waals surface area contributed by atoms with Gasteiger partial charge in [0.2, 0.25) is 0 Å². The van der Waals surface area contributed by atoms with Crippen LogP contribution >= 0.6 is 11.6 Å². The SMILES string of the molecule is CCn1cc2c(n1)-c1c(oc(C(=O)Nc3cc(Cl)ccc3OC)c1C)CC2. The Labute approximate surface area is 162 Å². The summed E-state index contributed by atoms with van der Waals surface area (Å²) in [4.78, 5) is 12.9. The number of aromatic nitrogens is 2. The van der Waals surface area contributed by atoms with Crippen molar-refractivity contribution in [2.45, 2.75) is 33.2 Å². The Balaban J connectivity index is 1.70. The number of furan rings is 1. The highest BCUT2D eigenvalue weighted by Crippen LogP contribution is 2.38. The van der Waals surface area contributed by atoms with Gasteiger partial charge in [-0.1, -0.05) is 11.6 Å². The van der Waals surface area contributed by atoms with Gasteiger partial charge in [0.05, 0.1) is 18.5 Å². The highest BCUT2D eigenvalue weighted by Gasteiger charge is 2.29. The summed E-state index contributed by atoms with van der Waals surface area (Å²) in [6.07, 6.45) is 3.69. The quantitative estimate of drug-likeness (QED) is 0.718. The van der Waals surface area contributed by atoms with E-state index in [9.17, 15) is 4.79 Å². The van der Waals surface area contributed by atoms with Crippen LogP contribution in [-0.2, 0) is 19.4 Å². The molecule has 0 aliphatic heterocycles. The first kappa shape index (κ1) is 17.7. The summed E-state index contributed by atoms with van der Waals surface area (Å²) >= 11 is 6.05. The Kier molecular flexibility index (Phi) is 4.44. The maximum atomic E-state index is 12.9. The molecule has 0 saturated heterocycles. The van der Waals surface area contributed by atoms with Gasteiger partial charge < -0.3 is 14.5 Å². The average molecular weight is 386 g/mol. The number of carbonyl (C=O) groups excluding carboxylic acids is 1. The number of aryl methyl sites for hydroxylation is 3. The summed E-state index contributed by atoms with van der Waals surface area (Å²) in [6, 6.07) is 5.07. The lowest BCUT2D eigenvalue weighted by Crippen LogP contribution is -2.13. The highest BCUT2D eigenvalue weighted by molar-refractivity contribution is 6.31. The Morgan fingerprint density at radius 1 is 1.41 bits per heavy atom. The summed E-state index contributed by atoms with van der Waals surface area (Å²) in [5.41, 5.74) is 4.34. The van der Waals surface area contributed by atoms with Gasteiger partial charge in [0.1, 0.15) is 11.5 Å². The van der Waals surface area contributed by atoms with Gasteiger partial charge in [-0.25, -0.2) is 0 Å². The topological polar surface area (TPSA) is 69.3 Å². The normalized spacial score (nSPS) is 12.4. The third kappa shape index (κ3) is 3.00. The zero-order valence-electron chi connectivity index (χ0n) is 15.4. The van der Waals surface area contributed by atoms with E-state index in [2.05, 4.69) is 23.5 Å². The number of rotatable bonds is 4. The van der Waals surface area contributed by atoms with Crippen molar-refractivity contribution in [2.24, 2.45) is 0 Å². The molecule has 0 spiro atoms. The molecule has 7 heteroatoms. The number of methoxy groups -OCH3 is 1. The maximum Gasteiger partial charge on any atom is 0.291 e. The number of carbonyl (C=O) groups is 1. The van der Waals surface area contributed by atoms with Crippen LogP contribution in [0.2, 0.25) is 5.02 Å². The molecule has 4 rings (SSSR count). The van der Waals surface area contributed by atoms with E-state index in [0.717, 1.165) is 42.0 Å². The monoisotopic (exact) mass is 385 g/mol. The molecule has 3 aromatic rings. The van der Waals surface area contributed by atoms with E-state index < -0.39 is 0 Å². The molecule has 1 aliphatic rings. The molecule has 0 radical (unpaired) electrons. The number of amides is 1. The van der Waals surface area contributed by atoms with Crippen LogP contribution in [-0.4, -0.2) is 22.8 Å². The summed E-state index contributed by atoms with van der Waals surface area (Å²) in [5, 5.41) is 8.01. The summed E-state index contributed by atoms with van der Waals surface area (Å²) in [6.45, 7) is 4.76. The summed E-state index contributed by atoms with van der Waals surface area (Å²) in [5.74, 6) is 1.30. The van der Waals surface area contributed by atoms with E-state index >= 15 is 0 Å². The number of nitrogens with one attached hydrogen (secondary N) is 1. The lowest BCUT2D eigenvalue weighted by atomic mass is 9.93. The first-order valence-corrected chi connectivity index (χ1v) is 9.23. The molecule has 2 aromatic heterocycles. The standard InChI is InChI=1S/C20H20ClN3O3/c1-4-24-10-12-5-7-16-17(18(12)23-24)11(2)19(27-16)20(25)22-14-9-13(21)6-8-15(14)26-3/h6,8-10H,4-5,7H2,1-3H3,(H,22,25). The van der Waals surface area contributed by atoms with E-state index in [1.807, 2.05) is 11.6 Å². The molecule has 1 aliphatic carbocycles. The second kappa shape index (κ2) is 6.78. The van der Waals surface area contributed by atoms with E-state index in [0.29, 0.717) is 22.2 Å². The minimum Gasteiger partial charge on any atom is -0.495 e. The molecule has 1 aromatic carbocycles. The smallest absolute Gasteiger partial charge is 0.291 e. The zero-order chi connectivity index (χ0) is 19.1. The Hall–Kier alpha value is -2.73. The molecule has 1 N–H and O–H groups in total. The molecule has 2 heterocycles. The number of ether oxygens (including phenoxy) is 1. The lowest BCUT2D eigenvalue weighted by Gasteiger charge is -2.10. The van der Waals surface area contributed by atoms with E-state index in [1.165, 1.54) is 5.56 Å². The van der Waals surface area contributed by atoms with Gasteiger partial charge in [0.15, 0.2) is 5.76 Å². The maximum absolute atomic E-state index is 12.9. The summed E-state index contributed by atoms with van der Waals surface area (Å²) < 4.78 is 13.2. The van der Waals surface area contributed by atoms with Gasteiger partial charge in [-0.05, 0) is 44.0 Å². The van der Waals surface area contributed by atoms with Crippen molar-refractivity contribution < 1.29 is 13.9 Å². The summed E-state index contributed by atoms with van der Waals surface area (Å²) in [7, 11) is 1.54. The second-order valence-electron chi connectivity index (χ2n) is 6.51. The van der Waals surface area contributed by atoms with Crippen molar-refractivity contribution in [2.75, 3.05) is 12.4 Å². The molecule has 6 nitrogen and oxygen atoms in total. The highest BCUT2D eigenvalue weighted by atomic mass is 35.5. The zero-order valence-corrected chi connectivity index (χ0v) is 16.2. The molecule has 0 bridgehead atoms. The van der Waals surface area contributed by atoms with Crippen LogP contribution in [0.25, 0.3) is 11.3 Å². The fraction of sp³-hybridized carbons (Fsp3) is 0.300. The van der Waals surface area contributed by atoms with E-state index in [1.54, 1.807) is 25.3 Å². The number of nitrogens with zero attached hydrogens (tertiary/aromatic N) is 2. The Morgan fingerprint density at radius 3 is 2.96 bits per heavy atom. The number of benzene rings is 1. The molecule has 0 saturated carbocycles. The molecule has 0 atom stereocenters. The number of fused-ring (bicyclic) bond motifs is 3. The van der Waals surface area contributed by atoms with E-state index in [4.69, 9.17) is 20.8 Å².